The second-order valence-electron chi connectivity index (χ2n) is 6.28. The molecule has 8 heteroatoms. The van der Waals surface area contributed by atoms with Crippen molar-refractivity contribution in [2.75, 3.05) is 19.8 Å². The van der Waals surface area contributed by atoms with Crippen LogP contribution in [0.15, 0.2) is 24.3 Å². The van der Waals surface area contributed by atoms with Gasteiger partial charge in [-0.1, -0.05) is 19.8 Å². The highest BCUT2D eigenvalue weighted by Gasteiger charge is 2.47. The Morgan fingerprint density at radius 2 is 1.92 bits per heavy atom. The summed E-state index contributed by atoms with van der Waals surface area (Å²) in [6, 6.07) is 4.85. The number of hydrogen-bond acceptors (Lipinski definition) is 5. The van der Waals surface area contributed by atoms with Gasteiger partial charge in [-0.2, -0.15) is 0 Å². The van der Waals surface area contributed by atoms with E-state index in [0.29, 0.717) is 12.2 Å². The molecule has 1 atom stereocenters. The third-order valence-electron chi connectivity index (χ3n) is 4.09. The molecule has 0 aromatic heterocycles. The Bertz CT molecular complexity index is 664. The van der Waals surface area contributed by atoms with Crippen molar-refractivity contribution in [3.05, 3.63) is 30.1 Å². The Hall–Kier alpha value is -2.64. The number of unbranched alkanes of at least 4 members (excludes halogenated alkanes) is 1. The predicted octanol–water partition coefficient (Wildman–Crippen LogP) is 2.25. The SMILES string of the molecule is CCCC[C@]1(C)NC(=O)N(CC(=O)OCCOc2ccc(F)cc2)C1=O. The minimum absolute atomic E-state index is 0.0486. The summed E-state index contributed by atoms with van der Waals surface area (Å²) < 4.78 is 23.1. The van der Waals surface area contributed by atoms with Crippen molar-refractivity contribution in [2.24, 2.45) is 0 Å². The number of ether oxygens (including phenoxy) is 2. The van der Waals surface area contributed by atoms with E-state index in [1.165, 1.54) is 24.3 Å². The van der Waals surface area contributed by atoms with Gasteiger partial charge in [0.05, 0.1) is 0 Å². The van der Waals surface area contributed by atoms with E-state index in [2.05, 4.69) is 5.32 Å². The first-order valence-corrected chi connectivity index (χ1v) is 8.54. The number of benzene rings is 1. The monoisotopic (exact) mass is 366 g/mol. The van der Waals surface area contributed by atoms with E-state index in [-0.39, 0.29) is 19.0 Å². The number of rotatable bonds is 9. The average molecular weight is 366 g/mol. The lowest BCUT2D eigenvalue weighted by molar-refractivity contribution is -0.148. The Kier molecular flexibility index (Phi) is 6.54. The molecule has 0 spiro atoms. The lowest BCUT2D eigenvalue weighted by Gasteiger charge is -2.21. The normalized spacial score (nSPS) is 19.4. The van der Waals surface area contributed by atoms with Crippen LogP contribution in [0.1, 0.15) is 33.1 Å². The maximum absolute atomic E-state index is 12.8. The molecule has 1 fully saturated rings. The van der Waals surface area contributed by atoms with E-state index in [1.807, 2.05) is 6.92 Å². The molecule has 26 heavy (non-hydrogen) atoms. The highest BCUT2D eigenvalue weighted by atomic mass is 19.1. The zero-order chi connectivity index (χ0) is 19.2. The van der Waals surface area contributed by atoms with Gasteiger partial charge in [0.2, 0.25) is 0 Å². The molecular formula is C18H23FN2O5. The Balaban J connectivity index is 1.75. The summed E-state index contributed by atoms with van der Waals surface area (Å²) in [6.07, 6.45) is 2.21. The number of carbonyl (C=O) groups is 3. The van der Waals surface area contributed by atoms with Crippen LogP contribution in [0.2, 0.25) is 0 Å². The molecule has 1 aliphatic rings. The molecule has 1 aromatic rings. The summed E-state index contributed by atoms with van der Waals surface area (Å²) in [5.74, 6) is -1.04. The molecule has 1 aromatic carbocycles. The molecule has 1 heterocycles. The maximum Gasteiger partial charge on any atom is 0.326 e. The molecular weight excluding hydrogens is 343 g/mol. The van der Waals surface area contributed by atoms with E-state index < -0.39 is 30.0 Å². The maximum atomic E-state index is 12.8. The fourth-order valence-corrected chi connectivity index (χ4v) is 2.61. The molecule has 1 aliphatic heterocycles. The number of urea groups is 1. The van der Waals surface area contributed by atoms with Crippen molar-refractivity contribution in [2.45, 2.75) is 38.6 Å². The number of amides is 3. The van der Waals surface area contributed by atoms with Gasteiger partial charge in [0.1, 0.15) is 36.9 Å². The van der Waals surface area contributed by atoms with Crippen LogP contribution in [0.25, 0.3) is 0 Å². The van der Waals surface area contributed by atoms with E-state index in [1.54, 1.807) is 6.92 Å². The largest absolute Gasteiger partial charge is 0.490 e. The quantitative estimate of drug-likeness (QED) is 0.412. The van der Waals surface area contributed by atoms with E-state index >= 15 is 0 Å². The first-order chi connectivity index (χ1) is 12.4. The summed E-state index contributed by atoms with van der Waals surface area (Å²) in [7, 11) is 0. The first kappa shape index (κ1) is 19.7. The van der Waals surface area contributed by atoms with E-state index in [9.17, 15) is 18.8 Å². The second-order valence-corrected chi connectivity index (χ2v) is 6.28. The van der Waals surface area contributed by atoms with Crippen LogP contribution < -0.4 is 10.1 Å². The summed E-state index contributed by atoms with van der Waals surface area (Å²) in [5, 5.41) is 2.64. The molecule has 0 bridgehead atoms. The van der Waals surface area contributed by atoms with Crippen LogP contribution in [0.4, 0.5) is 9.18 Å². The smallest absolute Gasteiger partial charge is 0.326 e. The number of nitrogens with one attached hydrogen (secondary N) is 1. The van der Waals surface area contributed by atoms with E-state index in [0.717, 1.165) is 17.7 Å². The molecule has 0 unspecified atom stereocenters. The molecule has 0 aliphatic carbocycles. The van der Waals surface area contributed by atoms with Gasteiger partial charge in [-0.15, -0.1) is 0 Å². The fraction of sp³-hybridized carbons (Fsp3) is 0.500. The molecule has 3 amide bonds. The number of carbonyl (C=O) groups excluding carboxylic acids is 3. The topological polar surface area (TPSA) is 84.9 Å². The number of imide groups is 1. The number of halogens is 1. The third kappa shape index (κ3) is 4.93. The van der Waals surface area contributed by atoms with Crippen LogP contribution >= 0.6 is 0 Å². The predicted molar refractivity (Wildman–Crippen MR) is 91.0 cm³/mol. The lowest BCUT2D eigenvalue weighted by atomic mass is 9.95. The van der Waals surface area contributed by atoms with Crippen LogP contribution in [0, 0.1) is 5.82 Å². The number of esters is 1. The lowest BCUT2D eigenvalue weighted by Crippen LogP contribution is -2.44. The molecule has 0 radical (unpaired) electrons. The molecule has 1 saturated heterocycles. The van der Waals surface area contributed by atoms with Gasteiger partial charge in [0, 0.05) is 0 Å². The third-order valence-corrected chi connectivity index (χ3v) is 4.09. The zero-order valence-electron chi connectivity index (χ0n) is 14.9. The summed E-state index contributed by atoms with van der Waals surface area (Å²) in [4.78, 5) is 37.1. The highest BCUT2D eigenvalue weighted by molar-refractivity contribution is 6.08. The number of nitrogens with zero attached hydrogens (tertiary/aromatic N) is 1. The van der Waals surface area contributed by atoms with Gasteiger partial charge in [-0.05, 0) is 37.6 Å². The standard InChI is InChI=1S/C18H23FN2O5/c1-3-4-9-18(2)16(23)21(17(24)20-18)12-15(22)26-11-10-25-14-7-5-13(19)6-8-14/h5-8H,3-4,9-12H2,1-2H3,(H,20,24)/t18-/m0/s1. The molecule has 2 rings (SSSR count). The number of hydrogen-bond donors (Lipinski definition) is 1. The first-order valence-electron chi connectivity index (χ1n) is 8.54. The van der Waals surface area contributed by atoms with Gasteiger partial charge in [-0.3, -0.25) is 14.5 Å². The Morgan fingerprint density at radius 1 is 1.23 bits per heavy atom. The van der Waals surface area contributed by atoms with Gasteiger partial charge in [0.15, 0.2) is 0 Å². The van der Waals surface area contributed by atoms with Crippen molar-refractivity contribution in [1.29, 1.82) is 0 Å². The highest BCUT2D eigenvalue weighted by Crippen LogP contribution is 2.23. The van der Waals surface area contributed by atoms with Gasteiger partial charge in [0.25, 0.3) is 5.91 Å². The molecule has 7 nitrogen and oxygen atoms in total. The van der Waals surface area contributed by atoms with Crippen LogP contribution in [0.3, 0.4) is 0 Å². The average Bonchev–Trinajstić information content (AvgIpc) is 2.82. The summed E-state index contributed by atoms with van der Waals surface area (Å²) >= 11 is 0. The molecule has 0 saturated carbocycles. The van der Waals surface area contributed by atoms with Gasteiger partial charge in [-0.25, -0.2) is 9.18 Å². The molecule has 1 N–H and O–H groups in total. The summed E-state index contributed by atoms with van der Waals surface area (Å²) in [5.41, 5.74) is -0.973. The Morgan fingerprint density at radius 3 is 2.58 bits per heavy atom. The van der Waals surface area contributed by atoms with E-state index in [4.69, 9.17) is 9.47 Å². The van der Waals surface area contributed by atoms with Crippen molar-refractivity contribution in [1.82, 2.24) is 10.2 Å². The van der Waals surface area contributed by atoms with Crippen molar-refractivity contribution >= 4 is 17.9 Å². The van der Waals surface area contributed by atoms with Crippen molar-refractivity contribution < 1.29 is 28.2 Å². The molecule has 142 valence electrons. The van der Waals surface area contributed by atoms with Gasteiger partial charge < -0.3 is 14.8 Å². The van der Waals surface area contributed by atoms with Gasteiger partial charge >= 0.3 is 12.0 Å². The van der Waals surface area contributed by atoms with Crippen LogP contribution in [0.5, 0.6) is 5.75 Å². The van der Waals surface area contributed by atoms with Crippen molar-refractivity contribution in [3.8, 4) is 5.75 Å². The fourth-order valence-electron chi connectivity index (χ4n) is 2.61. The summed E-state index contributed by atoms with van der Waals surface area (Å²) in [6.45, 7) is 3.24. The zero-order valence-corrected chi connectivity index (χ0v) is 14.9. The Labute approximate surface area is 151 Å². The minimum Gasteiger partial charge on any atom is -0.490 e. The van der Waals surface area contributed by atoms with Crippen molar-refractivity contribution in [3.63, 3.8) is 0 Å². The second kappa shape index (κ2) is 8.64. The van der Waals surface area contributed by atoms with Crippen LogP contribution in [-0.4, -0.2) is 48.1 Å². The minimum atomic E-state index is -0.973. The van der Waals surface area contributed by atoms with Crippen LogP contribution in [-0.2, 0) is 14.3 Å².